The average molecular weight is 403 g/mol. The predicted octanol–water partition coefficient (Wildman–Crippen LogP) is 3.87. The lowest BCUT2D eigenvalue weighted by Gasteiger charge is -2.15. The number of para-hydroxylation sites is 1. The number of carbonyl (C=O) groups excluding carboxylic acids is 1. The first kappa shape index (κ1) is 19.4. The summed E-state index contributed by atoms with van der Waals surface area (Å²) in [6, 6.07) is 14.3. The second-order valence-corrected chi connectivity index (χ2v) is 6.81. The van der Waals surface area contributed by atoms with Gasteiger partial charge in [-0.3, -0.25) is 4.79 Å². The number of amides is 1. The molecule has 1 amide bonds. The Hall–Kier alpha value is -3.87. The Bertz CT molecular complexity index is 1230. The van der Waals surface area contributed by atoms with Gasteiger partial charge in [0.1, 0.15) is 5.56 Å². The van der Waals surface area contributed by atoms with E-state index in [9.17, 15) is 9.59 Å². The van der Waals surface area contributed by atoms with E-state index < -0.39 is 11.5 Å². The molecule has 1 unspecified atom stereocenters. The van der Waals surface area contributed by atoms with Crippen molar-refractivity contribution < 1.29 is 13.9 Å². The largest absolute Gasteiger partial charge is 0.490 e. The van der Waals surface area contributed by atoms with Gasteiger partial charge >= 0.3 is 5.63 Å². The van der Waals surface area contributed by atoms with Crippen molar-refractivity contribution in [3.8, 4) is 11.4 Å². The van der Waals surface area contributed by atoms with Gasteiger partial charge < -0.3 is 19.0 Å². The van der Waals surface area contributed by atoms with Gasteiger partial charge in [-0.15, -0.1) is 0 Å². The maximum Gasteiger partial charge on any atom is 0.349 e. The Balaban J connectivity index is 1.55. The minimum absolute atomic E-state index is 0.0435. The van der Waals surface area contributed by atoms with Crippen molar-refractivity contribution in [2.45, 2.75) is 19.9 Å². The van der Waals surface area contributed by atoms with Gasteiger partial charge in [0.25, 0.3) is 5.91 Å². The number of carbonyl (C=O) groups is 1. The molecule has 0 aliphatic heterocycles. The molecule has 0 radical (unpaired) electrons. The maximum absolute atomic E-state index is 12.7. The predicted molar refractivity (Wildman–Crippen MR) is 113 cm³/mol. The van der Waals surface area contributed by atoms with Crippen molar-refractivity contribution in [2.24, 2.45) is 0 Å². The highest BCUT2D eigenvalue weighted by Crippen LogP contribution is 2.25. The van der Waals surface area contributed by atoms with Crippen LogP contribution in [0.2, 0.25) is 0 Å². The van der Waals surface area contributed by atoms with Gasteiger partial charge in [0.2, 0.25) is 0 Å². The zero-order chi connectivity index (χ0) is 21.1. The van der Waals surface area contributed by atoms with Gasteiger partial charge in [0.05, 0.1) is 19.0 Å². The van der Waals surface area contributed by atoms with Crippen LogP contribution in [0, 0.1) is 0 Å². The topological polar surface area (TPSA) is 86.4 Å². The third-order valence-electron chi connectivity index (χ3n) is 4.81. The van der Waals surface area contributed by atoms with Crippen molar-refractivity contribution in [1.82, 2.24) is 14.9 Å². The molecule has 0 saturated carbocycles. The van der Waals surface area contributed by atoms with Gasteiger partial charge in [-0.1, -0.05) is 24.3 Å². The van der Waals surface area contributed by atoms with Crippen molar-refractivity contribution >= 4 is 16.9 Å². The van der Waals surface area contributed by atoms with Gasteiger partial charge in [-0.25, -0.2) is 9.78 Å². The molecule has 4 rings (SSSR count). The van der Waals surface area contributed by atoms with Crippen LogP contribution in [0.5, 0.6) is 5.75 Å². The Morgan fingerprint density at radius 1 is 1.23 bits per heavy atom. The summed E-state index contributed by atoms with van der Waals surface area (Å²) in [5.41, 5.74) is 1.47. The molecule has 2 aromatic heterocycles. The molecule has 152 valence electrons. The summed E-state index contributed by atoms with van der Waals surface area (Å²) in [6.07, 6.45) is 5.29. The maximum atomic E-state index is 12.7. The van der Waals surface area contributed by atoms with Crippen molar-refractivity contribution in [1.29, 1.82) is 0 Å². The molecule has 2 heterocycles. The minimum Gasteiger partial charge on any atom is -0.490 e. The molecular formula is C23H21N3O4. The summed E-state index contributed by atoms with van der Waals surface area (Å²) in [7, 11) is 0. The fourth-order valence-corrected chi connectivity index (χ4v) is 3.25. The van der Waals surface area contributed by atoms with Gasteiger partial charge in [0.15, 0.2) is 11.3 Å². The van der Waals surface area contributed by atoms with Crippen LogP contribution < -0.4 is 15.7 Å². The first-order chi connectivity index (χ1) is 14.6. The van der Waals surface area contributed by atoms with Crippen LogP contribution in [0.3, 0.4) is 0 Å². The molecule has 0 bridgehead atoms. The van der Waals surface area contributed by atoms with Gasteiger partial charge in [0, 0.05) is 23.5 Å². The summed E-state index contributed by atoms with van der Waals surface area (Å²) in [5, 5.41) is 3.49. The highest BCUT2D eigenvalue weighted by atomic mass is 16.5. The highest BCUT2D eigenvalue weighted by Gasteiger charge is 2.18. The molecule has 7 heteroatoms. The lowest BCUT2D eigenvalue weighted by atomic mass is 10.1. The fraction of sp³-hybridized carbons (Fsp3) is 0.174. The van der Waals surface area contributed by atoms with E-state index in [1.165, 1.54) is 6.07 Å². The van der Waals surface area contributed by atoms with E-state index in [2.05, 4.69) is 10.3 Å². The summed E-state index contributed by atoms with van der Waals surface area (Å²) in [5.74, 6) is -0.0101. The number of ether oxygens (including phenoxy) is 1. The van der Waals surface area contributed by atoms with E-state index in [-0.39, 0.29) is 11.6 Å². The van der Waals surface area contributed by atoms with E-state index >= 15 is 0 Å². The molecule has 0 aliphatic rings. The third-order valence-corrected chi connectivity index (χ3v) is 4.81. The third kappa shape index (κ3) is 3.82. The van der Waals surface area contributed by atoms with Crippen LogP contribution in [0.1, 0.15) is 35.8 Å². The normalized spacial score (nSPS) is 11.9. The molecule has 0 aliphatic carbocycles. The molecule has 30 heavy (non-hydrogen) atoms. The number of hydrogen-bond acceptors (Lipinski definition) is 5. The minimum atomic E-state index is -0.699. The number of rotatable bonds is 6. The number of nitrogens with one attached hydrogen (secondary N) is 1. The molecule has 1 N–H and O–H groups in total. The number of nitrogens with zero attached hydrogens (tertiary/aromatic N) is 2. The summed E-state index contributed by atoms with van der Waals surface area (Å²) in [4.78, 5) is 29.2. The Kier molecular flexibility index (Phi) is 5.34. The summed E-state index contributed by atoms with van der Waals surface area (Å²) in [6.45, 7) is 4.16. The fourth-order valence-electron chi connectivity index (χ4n) is 3.25. The van der Waals surface area contributed by atoms with Gasteiger partial charge in [-0.05, 0) is 43.7 Å². The van der Waals surface area contributed by atoms with E-state index in [0.717, 1.165) is 11.3 Å². The Labute approximate surface area is 172 Å². The molecule has 0 spiro atoms. The molecule has 0 saturated heterocycles. The van der Waals surface area contributed by atoms with Crippen LogP contribution in [0.25, 0.3) is 16.7 Å². The molecule has 0 fully saturated rings. The monoisotopic (exact) mass is 403 g/mol. The zero-order valence-electron chi connectivity index (χ0n) is 16.7. The van der Waals surface area contributed by atoms with E-state index in [1.54, 1.807) is 30.7 Å². The number of fused-ring (bicyclic) bond motifs is 1. The SMILES string of the molecule is CCOc1cccc2cc(C(=O)NC(C)c3ccc(-n4ccnc4)cc3)c(=O)oc12. The highest BCUT2D eigenvalue weighted by molar-refractivity contribution is 5.97. The van der Waals surface area contributed by atoms with Crippen molar-refractivity contribution in [2.75, 3.05) is 6.61 Å². The molecule has 4 aromatic rings. The molecule has 7 nitrogen and oxygen atoms in total. The lowest BCUT2D eigenvalue weighted by Crippen LogP contribution is -2.30. The Morgan fingerprint density at radius 2 is 2.03 bits per heavy atom. The van der Waals surface area contributed by atoms with Crippen LogP contribution >= 0.6 is 0 Å². The Morgan fingerprint density at radius 3 is 2.73 bits per heavy atom. The number of hydrogen-bond donors (Lipinski definition) is 1. The van der Waals surface area contributed by atoms with E-state index in [0.29, 0.717) is 23.3 Å². The summed E-state index contributed by atoms with van der Waals surface area (Å²) < 4.78 is 12.8. The average Bonchev–Trinajstić information content (AvgIpc) is 3.29. The second-order valence-electron chi connectivity index (χ2n) is 6.81. The zero-order valence-corrected chi connectivity index (χ0v) is 16.7. The van der Waals surface area contributed by atoms with Crippen LogP contribution in [0.4, 0.5) is 0 Å². The van der Waals surface area contributed by atoms with Crippen LogP contribution in [-0.4, -0.2) is 22.1 Å². The first-order valence-electron chi connectivity index (χ1n) is 9.65. The number of aromatic nitrogens is 2. The van der Waals surface area contributed by atoms with Crippen LogP contribution in [-0.2, 0) is 0 Å². The number of imidazole rings is 1. The summed E-state index contributed by atoms with van der Waals surface area (Å²) >= 11 is 0. The smallest absolute Gasteiger partial charge is 0.349 e. The van der Waals surface area contributed by atoms with Crippen molar-refractivity contribution in [3.63, 3.8) is 0 Å². The molecule has 1 atom stereocenters. The van der Waals surface area contributed by atoms with Crippen LogP contribution in [0.15, 0.2) is 76.5 Å². The quantitative estimate of drug-likeness (QED) is 0.494. The second kappa shape index (κ2) is 8.24. The van der Waals surface area contributed by atoms with E-state index in [4.69, 9.17) is 9.15 Å². The first-order valence-corrected chi connectivity index (χ1v) is 9.65. The van der Waals surface area contributed by atoms with E-state index in [1.807, 2.05) is 48.9 Å². The van der Waals surface area contributed by atoms with Crippen molar-refractivity contribution in [3.05, 3.63) is 88.8 Å². The molecular weight excluding hydrogens is 382 g/mol. The molecule has 2 aromatic carbocycles. The number of benzene rings is 2. The lowest BCUT2D eigenvalue weighted by molar-refractivity contribution is 0.0936. The van der Waals surface area contributed by atoms with Gasteiger partial charge in [-0.2, -0.15) is 0 Å². The standard InChI is InChI=1S/C23H21N3O4/c1-3-29-20-6-4-5-17-13-19(23(28)30-21(17)20)22(27)25-15(2)16-7-9-18(10-8-16)26-12-11-24-14-26/h4-15H,3H2,1-2H3,(H,25,27).